The summed E-state index contributed by atoms with van der Waals surface area (Å²) in [6, 6.07) is 15.7. The second-order valence-corrected chi connectivity index (χ2v) is 8.59. The highest BCUT2D eigenvalue weighted by Crippen LogP contribution is 2.22. The van der Waals surface area contributed by atoms with Crippen LogP contribution < -0.4 is 15.5 Å². The number of furan rings is 1. The number of benzene rings is 2. The monoisotopic (exact) mass is 502 g/mol. The SMILES string of the molecule is O=C(NC(=S)Nc1ccc(N2CCN(C(=O)c3ccco3)CC2)cc1)c1ccc(Cl)cc1Cl. The van der Waals surface area contributed by atoms with E-state index >= 15 is 0 Å². The average molecular weight is 503 g/mol. The molecule has 1 aromatic heterocycles. The molecule has 2 N–H and O–H groups in total. The fourth-order valence-electron chi connectivity index (χ4n) is 3.49. The van der Waals surface area contributed by atoms with Crippen LogP contribution in [0.25, 0.3) is 0 Å². The van der Waals surface area contributed by atoms with E-state index in [4.69, 9.17) is 39.8 Å². The van der Waals surface area contributed by atoms with Crippen LogP contribution in [0.4, 0.5) is 11.4 Å². The predicted octanol–water partition coefficient (Wildman–Crippen LogP) is 4.68. The Morgan fingerprint density at radius 1 is 0.970 bits per heavy atom. The van der Waals surface area contributed by atoms with Crippen molar-refractivity contribution in [2.24, 2.45) is 0 Å². The molecule has 0 bridgehead atoms. The van der Waals surface area contributed by atoms with Crippen LogP contribution in [-0.2, 0) is 0 Å². The number of piperazine rings is 1. The molecule has 0 unspecified atom stereocenters. The lowest BCUT2D eigenvalue weighted by molar-refractivity contribution is 0.0714. The molecule has 0 spiro atoms. The number of anilines is 2. The van der Waals surface area contributed by atoms with Crippen molar-refractivity contribution < 1.29 is 14.0 Å². The van der Waals surface area contributed by atoms with Gasteiger partial charge in [-0.1, -0.05) is 23.2 Å². The van der Waals surface area contributed by atoms with Gasteiger partial charge in [0, 0.05) is 42.6 Å². The Labute approximate surface area is 206 Å². The molecule has 0 radical (unpaired) electrons. The van der Waals surface area contributed by atoms with Gasteiger partial charge < -0.3 is 19.5 Å². The molecule has 0 atom stereocenters. The molecule has 1 saturated heterocycles. The van der Waals surface area contributed by atoms with Gasteiger partial charge in [-0.25, -0.2) is 0 Å². The van der Waals surface area contributed by atoms with Gasteiger partial charge in [0.2, 0.25) is 0 Å². The second-order valence-electron chi connectivity index (χ2n) is 7.34. The van der Waals surface area contributed by atoms with Gasteiger partial charge in [0.05, 0.1) is 16.8 Å². The number of amides is 2. The first kappa shape index (κ1) is 23.1. The van der Waals surface area contributed by atoms with E-state index in [0.717, 1.165) is 24.5 Å². The first-order valence-corrected chi connectivity index (χ1v) is 11.3. The standard InChI is InChI=1S/C23H20Cl2N4O3S/c24-15-3-8-18(19(25)14-15)21(30)27-23(33)26-16-4-6-17(7-5-16)28-9-11-29(12-10-28)22(31)20-2-1-13-32-20/h1-8,13-14H,9-12H2,(H2,26,27,30,33). The van der Waals surface area contributed by atoms with Crippen LogP contribution in [0.5, 0.6) is 0 Å². The van der Waals surface area contributed by atoms with E-state index in [9.17, 15) is 9.59 Å². The maximum absolute atomic E-state index is 12.4. The van der Waals surface area contributed by atoms with E-state index < -0.39 is 5.91 Å². The van der Waals surface area contributed by atoms with Crippen LogP contribution in [0.15, 0.2) is 65.3 Å². The summed E-state index contributed by atoms with van der Waals surface area (Å²) in [7, 11) is 0. The molecule has 1 fully saturated rings. The zero-order valence-electron chi connectivity index (χ0n) is 17.4. The van der Waals surface area contributed by atoms with Gasteiger partial charge in [0.15, 0.2) is 10.9 Å². The van der Waals surface area contributed by atoms with Crippen molar-refractivity contribution in [3.05, 3.63) is 82.2 Å². The fraction of sp³-hybridized carbons (Fsp3) is 0.174. The molecule has 0 aliphatic carbocycles. The van der Waals surface area contributed by atoms with Crippen LogP contribution in [0.3, 0.4) is 0 Å². The van der Waals surface area contributed by atoms with Crippen LogP contribution in [0.1, 0.15) is 20.9 Å². The third-order valence-corrected chi connectivity index (χ3v) is 5.94. The minimum absolute atomic E-state index is 0.0883. The number of halogens is 2. The maximum atomic E-state index is 12.4. The number of carbonyl (C=O) groups excluding carboxylic acids is 2. The van der Waals surface area contributed by atoms with Gasteiger partial charge in [-0.2, -0.15) is 0 Å². The number of rotatable bonds is 4. The molecule has 2 heterocycles. The van der Waals surface area contributed by atoms with Crippen molar-refractivity contribution in [3.63, 3.8) is 0 Å². The lowest BCUT2D eigenvalue weighted by Crippen LogP contribution is -2.48. The Balaban J connectivity index is 1.29. The molecule has 2 aromatic carbocycles. The van der Waals surface area contributed by atoms with Gasteiger partial charge in [-0.15, -0.1) is 0 Å². The van der Waals surface area contributed by atoms with Crippen molar-refractivity contribution in [2.75, 3.05) is 36.4 Å². The lowest BCUT2D eigenvalue weighted by Gasteiger charge is -2.35. The number of nitrogens with zero attached hydrogens (tertiary/aromatic N) is 2. The summed E-state index contributed by atoms with van der Waals surface area (Å²) in [5.74, 6) is -0.150. The Bertz CT molecular complexity index is 1160. The molecule has 3 aromatic rings. The summed E-state index contributed by atoms with van der Waals surface area (Å²) in [6.45, 7) is 2.66. The summed E-state index contributed by atoms with van der Waals surface area (Å²) in [5, 5.41) is 6.45. The number of carbonyl (C=O) groups is 2. The molecule has 1 aliphatic heterocycles. The molecule has 33 heavy (non-hydrogen) atoms. The van der Waals surface area contributed by atoms with Crippen molar-refractivity contribution >= 4 is 63.7 Å². The van der Waals surface area contributed by atoms with E-state index in [1.807, 2.05) is 24.3 Å². The van der Waals surface area contributed by atoms with Gasteiger partial charge in [0.25, 0.3) is 11.8 Å². The second kappa shape index (κ2) is 10.2. The van der Waals surface area contributed by atoms with Crippen molar-refractivity contribution in [3.8, 4) is 0 Å². The molecular formula is C23H20Cl2N4O3S. The minimum atomic E-state index is -0.423. The van der Waals surface area contributed by atoms with Crippen molar-refractivity contribution in [1.82, 2.24) is 10.2 Å². The molecule has 2 amide bonds. The van der Waals surface area contributed by atoms with Gasteiger partial charge in [-0.05, 0) is 66.8 Å². The van der Waals surface area contributed by atoms with E-state index in [0.29, 0.717) is 23.9 Å². The highest BCUT2D eigenvalue weighted by atomic mass is 35.5. The first-order chi connectivity index (χ1) is 15.9. The summed E-state index contributed by atoms with van der Waals surface area (Å²) in [4.78, 5) is 28.8. The topological polar surface area (TPSA) is 77.8 Å². The zero-order valence-corrected chi connectivity index (χ0v) is 19.7. The minimum Gasteiger partial charge on any atom is -0.459 e. The predicted molar refractivity (Wildman–Crippen MR) is 133 cm³/mol. The zero-order chi connectivity index (χ0) is 23.4. The van der Waals surface area contributed by atoms with Gasteiger partial charge in [-0.3, -0.25) is 14.9 Å². The maximum Gasteiger partial charge on any atom is 0.289 e. The normalized spacial score (nSPS) is 13.5. The lowest BCUT2D eigenvalue weighted by atomic mass is 10.2. The van der Waals surface area contributed by atoms with Crippen LogP contribution in [0, 0.1) is 0 Å². The van der Waals surface area contributed by atoms with Crippen LogP contribution in [0.2, 0.25) is 10.0 Å². The molecule has 0 saturated carbocycles. The quantitative estimate of drug-likeness (QED) is 0.504. The summed E-state index contributed by atoms with van der Waals surface area (Å²) in [6.07, 6.45) is 1.50. The molecule has 1 aliphatic rings. The highest BCUT2D eigenvalue weighted by molar-refractivity contribution is 7.80. The number of thiocarbonyl (C=S) groups is 1. The Morgan fingerprint density at radius 2 is 1.70 bits per heavy atom. The van der Waals surface area contributed by atoms with Crippen molar-refractivity contribution in [1.29, 1.82) is 0 Å². The number of hydrogen-bond donors (Lipinski definition) is 2. The third kappa shape index (κ3) is 5.65. The smallest absolute Gasteiger partial charge is 0.289 e. The van der Waals surface area contributed by atoms with Gasteiger partial charge >= 0.3 is 0 Å². The molecule has 170 valence electrons. The Kier molecular flexibility index (Phi) is 7.17. The Morgan fingerprint density at radius 3 is 2.33 bits per heavy atom. The van der Waals surface area contributed by atoms with Gasteiger partial charge in [0.1, 0.15) is 0 Å². The molecule has 7 nitrogen and oxygen atoms in total. The third-order valence-electron chi connectivity index (χ3n) is 5.19. The largest absolute Gasteiger partial charge is 0.459 e. The average Bonchev–Trinajstić information content (AvgIpc) is 3.34. The number of nitrogens with one attached hydrogen (secondary N) is 2. The number of hydrogen-bond acceptors (Lipinski definition) is 5. The van der Waals surface area contributed by atoms with E-state index in [1.165, 1.54) is 12.3 Å². The van der Waals surface area contributed by atoms with E-state index in [1.54, 1.807) is 29.2 Å². The van der Waals surface area contributed by atoms with Crippen LogP contribution in [-0.4, -0.2) is 48.0 Å². The van der Waals surface area contributed by atoms with Crippen molar-refractivity contribution in [2.45, 2.75) is 0 Å². The van der Waals surface area contributed by atoms with E-state index in [-0.39, 0.29) is 21.6 Å². The summed E-state index contributed by atoms with van der Waals surface area (Å²) < 4.78 is 5.20. The van der Waals surface area contributed by atoms with E-state index in [2.05, 4.69) is 15.5 Å². The summed E-state index contributed by atoms with van der Waals surface area (Å²) in [5.41, 5.74) is 2.05. The molecule has 10 heteroatoms. The molecule has 4 rings (SSSR count). The van der Waals surface area contributed by atoms with Crippen LogP contribution >= 0.6 is 35.4 Å². The highest BCUT2D eigenvalue weighted by Gasteiger charge is 2.23. The fourth-order valence-corrected chi connectivity index (χ4v) is 4.19. The first-order valence-electron chi connectivity index (χ1n) is 10.2. The molecular weight excluding hydrogens is 483 g/mol. The summed E-state index contributed by atoms with van der Waals surface area (Å²) >= 11 is 17.2. The Hall–Kier alpha value is -3.07.